The Bertz CT molecular complexity index is 1110. The molecule has 0 spiro atoms. The van der Waals surface area contributed by atoms with Crippen LogP contribution in [0.15, 0.2) is 53.7 Å². The highest BCUT2D eigenvalue weighted by molar-refractivity contribution is 8.00. The first-order chi connectivity index (χ1) is 15.8. The van der Waals surface area contributed by atoms with Gasteiger partial charge in [0, 0.05) is 5.69 Å². The first-order valence-electron chi connectivity index (χ1n) is 11.3. The molecule has 0 bridgehead atoms. The van der Waals surface area contributed by atoms with Crippen LogP contribution in [-0.4, -0.2) is 44.9 Å². The number of amides is 1. The third-order valence-corrected chi connectivity index (χ3v) is 7.27. The van der Waals surface area contributed by atoms with Crippen LogP contribution in [0, 0.1) is 5.82 Å². The average Bonchev–Trinajstić information content (AvgIpc) is 3.22. The number of rotatable bonds is 7. The van der Waals surface area contributed by atoms with E-state index in [1.165, 1.54) is 35.0 Å². The summed E-state index contributed by atoms with van der Waals surface area (Å²) in [4.78, 5) is 15.2. The van der Waals surface area contributed by atoms with Crippen molar-refractivity contribution in [2.45, 2.75) is 55.6 Å². The monoisotopic (exact) mass is 467 g/mol. The SMILES string of the molecule is C[C@H](Sc1nnc([C@@H](C)N(C)C)n1-c1ccc(F)cc1)C(=O)N[C@@H]1CCCc2ccccc21. The van der Waals surface area contributed by atoms with Crippen LogP contribution in [-0.2, 0) is 11.2 Å². The molecule has 1 amide bonds. The fourth-order valence-corrected chi connectivity index (χ4v) is 4.98. The normalized spacial score (nSPS) is 17.5. The van der Waals surface area contributed by atoms with E-state index in [-0.39, 0.29) is 29.1 Å². The molecule has 0 fully saturated rings. The molecule has 4 rings (SSSR count). The number of nitrogens with one attached hydrogen (secondary N) is 1. The van der Waals surface area contributed by atoms with Crippen molar-refractivity contribution in [3.8, 4) is 5.69 Å². The first-order valence-corrected chi connectivity index (χ1v) is 12.2. The molecule has 3 atom stereocenters. The number of aromatic nitrogens is 3. The van der Waals surface area contributed by atoms with Gasteiger partial charge in [0.25, 0.3) is 0 Å². The topological polar surface area (TPSA) is 63.1 Å². The Hall–Kier alpha value is -2.71. The van der Waals surface area contributed by atoms with Crippen LogP contribution in [0.5, 0.6) is 0 Å². The van der Waals surface area contributed by atoms with Gasteiger partial charge in [0.05, 0.1) is 17.3 Å². The van der Waals surface area contributed by atoms with Crippen molar-refractivity contribution in [2.24, 2.45) is 0 Å². The van der Waals surface area contributed by atoms with Crippen LogP contribution >= 0.6 is 11.8 Å². The predicted molar refractivity (Wildman–Crippen MR) is 129 cm³/mol. The number of benzene rings is 2. The molecule has 1 aliphatic rings. The number of thioether (sulfide) groups is 1. The Morgan fingerprint density at radius 1 is 1.15 bits per heavy atom. The number of fused-ring (bicyclic) bond motifs is 1. The van der Waals surface area contributed by atoms with Crippen molar-refractivity contribution in [3.05, 3.63) is 71.3 Å². The van der Waals surface area contributed by atoms with Crippen LogP contribution in [0.4, 0.5) is 4.39 Å². The molecule has 8 heteroatoms. The van der Waals surface area contributed by atoms with Gasteiger partial charge in [-0.3, -0.25) is 14.3 Å². The Morgan fingerprint density at radius 3 is 2.61 bits per heavy atom. The lowest BCUT2D eigenvalue weighted by Crippen LogP contribution is -2.36. The second kappa shape index (κ2) is 10.1. The average molecular weight is 468 g/mol. The molecule has 1 N–H and O–H groups in total. The molecule has 1 aliphatic carbocycles. The maximum Gasteiger partial charge on any atom is 0.233 e. The summed E-state index contributed by atoms with van der Waals surface area (Å²) in [6, 6.07) is 14.6. The van der Waals surface area contributed by atoms with Gasteiger partial charge < -0.3 is 5.32 Å². The van der Waals surface area contributed by atoms with Crippen LogP contribution in [0.2, 0.25) is 0 Å². The van der Waals surface area contributed by atoms with Gasteiger partial charge in [-0.25, -0.2) is 4.39 Å². The molecule has 3 aromatic rings. The highest BCUT2D eigenvalue weighted by Gasteiger charge is 2.27. The lowest BCUT2D eigenvalue weighted by atomic mass is 9.88. The fourth-order valence-electron chi connectivity index (χ4n) is 4.10. The first kappa shape index (κ1) is 23.4. The molecule has 0 unspecified atom stereocenters. The fraction of sp³-hybridized carbons (Fsp3) is 0.400. The summed E-state index contributed by atoms with van der Waals surface area (Å²) in [6.45, 7) is 3.92. The van der Waals surface area contributed by atoms with Crippen LogP contribution in [0.3, 0.4) is 0 Å². The highest BCUT2D eigenvalue weighted by atomic mass is 32.2. The number of halogens is 1. The maximum absolute atomic E-state index is 13.6. The summed E-state index contributed by atoms with van der Waals surface area (Å²) < 4.78 is 15.5. The van der Waals surface area contributed by atoms with E-state index in [0.29, 0.717) is 5.16 Å². The lowest BCUT2D eigenvalue weighted by molar-refractivity contribution is -0.121. The number of carbonyl (C=O) groups is 1. The summed E-state index contributed by atoms with van der Waals surface area (Å²) in [5.41, 5.74) is 3.29. The van der Waals surface area contributed by atoms with Gasteiger partial charge in [0.1, 0.15) is 5.82 Å². The quantitative estimate of drug-likeness (QED) is 0.510. The predicted octanol–water partition coefficient (Wildman–Crippen LogP) is 4.70. The minimum absolute atomic E-state index is 0.0141. The van der Waals surface area contributed by atoms with Gasteiger partial charge in [-0.1, -0.05) is 36.0 Å². The van der Waals surface area contributed by atoms with Gasteiger partial charge in [0.15, 0.2) is 11.0 Å². The van der Waals surface area contributed by atoms with Gasteiger partial charge >= 0.3 is 0 Å². The van der Waals surface area contributed by atoms with Gasteiger partial charge in [-0.05, 0) is 82.6 Å². The van der Waals surface area contributed by atoms with E-state index >= 15 is 0 Å². The molecule has 174 valence electrons. The molecule has 2 aromatic carbocycles. The Balaban J connectivity index is 1.56. The number of aryl methyl sites for hydroxylation is 1. The minimum Gasteiger partial charge on any atom is -0.348 e. The van der Waals surface area contributed by atoms with Crippen molar-refractivity contribution in [2.75, 3.05) is 14.1 Å². The number of nitrogens with zero attached hydrogens (tertiary/aromatic N) is 4. The molecular weight excluding hydrogens is 437 g/mol. The summed E-state index contributed by atoms with van der Waals surface area (Å²) in [6.07, 6.45) is 3.06. The molecule has 1 heterocycles. The summed E-state index contributed by atoms with van der Waals surface area (Å²) in [5, 5.41) is 12.3. The van der Waals surface area contributed by atoms with Crippen molar-refractivity contribution >= 4 is 17.7 Å². The Labute approximate surface area is 198 Å². The second-order valence-corrected chi connectivity index (χ2v) is 10.0. The maximum atomic E-state index is 13.6. The molecule has 6 nitrogen and oxygen atoms in total. The largest absolute Gasteiger partial charge is 0.348 e. The zero-order chi connectivity index (χ0) is 23.5. The van der Waals surface area contributed by atoms with Crippen molar-refractivity contribution in [3.63, 3.8) is 0 Å². The van der Waals surface area contributed by atoms with E-state index in [0.717, 1.165) is 30.8 Å². The van der Waals surface area contributed by atoms with Crippen LogP contribution < -0.4 is 5.32 Å². The van der Waals surface area contributed by atoms with E-state index in [1.807, 2.05) is 43.5 Å². The summed E-state index contributed by atoms with van der Waals surface area (Å²) in [7, 11) is 3.94. The van der Waals surface area contributed by atoms with E-state index < -0.39 is 0 Å². The van der Waals surface area contributed by atoms with Gasteiger partial charge in [-0.2, -0.15) is 0 Å². The molecule has 33 heavy (non-hydrogen) atoms. The van der Waals surface area contributed by atoms with Crippen LogP contribution in [0.25, 0.3) is 5.69 Å². The van der Waals surface area contributed by atoms with E-state index in [1.54, 1.807) is 12.1 Å². The molecule has 1 aromatic heterocycles. The van der Waals surface area contributed by atoms with E-state index in [9.17, 15) is 9.18 Å². The zero-order valence-electron chi connectivity index (χ0n) is 19.5. The zero-order valence-corrected chi connectivity index (χ0v) is 20.3. The summed E-state index contributed by atoms with van der Waals surface area (Å²) >= 11 is 1.36. The summed E-state index contributed by atoms with van der Waals surface area (Å²) in [5.74, 6) is 0.407. The highest BCUT2D eigenvalue weighted by Crippen LogP contribution is 2.32. The second-order valence-electron chi connectivity index (χ2n) is 8.70. The number of carbonyl (C=O) groups excluding carboxylic acids is 1. The third kappa shape index (κ3) is 5.12. The van der Waals surface area contributed by atoms with Crippen molar-refractivity contribution in [1.29, 1.82) is 0 Å². The van der Waals surface area contributed by atoms with Crippen molar-refractivity contribution < 1.29 is 9.18 Å². The smallest absolute Gasteiger partial charge is 0.233 e. The van der Waals surface area contributed by atoms with Gasteiger partial charge in [0.2, 0.25) is 5.91 Å². The lowest BCUT2D eigenvalue weighted by Gasteiger charge is -2.27. The van der Waals surface area contributed by atoms with Crippen molar-refractivity contribution in [1.82, 2.24) is 25.0 Å². The molecule has 0 saturated carbocycles. The number of hydrogen-bond acceptors (Lipinski definition) is 5. The molecule has 0 aliphatic heterocycles. The van der Waals surface area contributed by atoms with E-state index in [2.05, 4.69) is 33.7 Å². The molecule has 0 saturated heterocycles. The molecule has 0 radical (unpaired) electrons. The third-order valence-electron chi connectivity index (χ3n) is 6.23. The van der Waals surface area contributed by atoms with E-state index in [4.69, 9.17) is 0 Å². The standard InChI is InChI=1S/C25H30FN5OS/c1-16(30(3)4)23-28-29-25(31(23)20-14-12-19(26)13-15-20)33-17(2)24(32)27-22-11-7-9-18-8-5-6-10-21(18)22/h5-6,8,10,12-17,22H,7,9,11H2,1-4H3,(H,27,32)/t16-,17+,22-/m1/s1. The Kier molecular flexibility index (Phi) is 7.14. The van der Waals surface area contributed by atoms with Crippen LogP contribution in [0.1, 0.15) is 55.7 Å². The molecular formula is C25H30FN5OS. The number of hydrogen-bond donors (Lipinski definition) is 1. The van der Waals surface area contributed by atoms with Gasteiger partial charge in [-0.15, -0.1) is 10.2 Å². The minimum atomic E-state index is -0.370. The Morgan fingerprint density at radius 2 is 1.88 bits per heavy atom.